The van der Waals surface area contributed by atoms with Gasteiger partial charge >= 0.3 is 0 Å². The molecule has 1 atom stereocenters. The van der Waals surface area contributed by atoms with E-state index in [0.29, 0.717) is 0 Å². The first-order chi connectivity index (χ1) is 9.22. The van der Waals surface area contributed by atoms with E-state index < -0.39 is 0 Å². The van der Waals surface area contributed by atoms with E-state index in [2.05, 4.69) is 70.4 Å². The van der Waals surface area contributed by atoms with Gasteiger partial charge in [-0.25, -0.2) is 0 Å². The predicted octanol–water partition coefficient (Wildman–Crippen LogP) is 4.24. The quantitative estimate of drug-likeness (QED) is 0.891. The summed E-state index contributed by atoms with van der Waals surface area (Å²) in [4.78, 5) is 4.27. The highest BCUT2D eigenvalue weighted by atomic mass is 79.9. The van der Waals surface area contributed by atoms with Gasteiger partial charge in [-0.2, -0.15) is 0 Å². The van der Waals surface area contributed by atoms with Crippen molar-refractivity contribution in [2.24, 2.45) is 0 Å². The molecule has 1 heterocycles. The van der Waals surface area contributed by atoms with Crippen molar-refractivity contribution in [3.8, 4) is 0 Å². The van der Waals surface area contributed by atoms with E-state index in [4.69, 9.17) is 0 Å². The van der Waals surface area contributed by atoms with Crippen LogP contribution in [-0.2, 0) is 0 Å². The van der Waals surface area contributed by atoms with Gasteiger partial charge in [0.05, 0.1) is 6.04 Å². The summed E-state index contributed by atoms with van der Waals surface area (Å²) in [5.41, 5.74) is 3.79. The zero-order chi connectivity index (χ0) is 13.7. The van der Waals surface area contributed by atoms with Gasteiger partial charge in [0.25, 0.3) is 0 Å². The Bertz CT molecular complexity index is 523. The topological polar surface area (TPSA) is 24.9 Å². The van der Waals surface area contributed by atoms with Gasteiger partial charge in [-0.3, -0.25) is 4.98 Å². The third-order valence-corrected chi connectivity index (χ3v) is 3.72. The van der Waals surface area contributed by atoms with Gasteiger partial charge in [-0.05, 0) is 54.8 Å². The third kappa shape index (κ3) is 3.64. The fourth-order valence-corrected chi connectivity index (χ4v) is 2.39. The second kappa shape index (κ2) is 6.83. The first-order valence-electron chi connectivity index (χ1n) is 6.61. The average molecular weight is 319 g/mol. The molecule has 1 aromatic heterocycles. The van der Waals surface area contributed by atoms with Crippen LogP contribution in [0.4, 0.5) is 0 Å². The van der Waals surface area contributed by atoms with Crippen LogP contribution < -0.4 is 5.32 Å². The van der Waals surface area contributed by atoms with E-state index >= 15 is 0 Å². The molecule has 0 radical (unpaired) electrons. The highest BCUT2D eigenvalue weighted by molar-refractivity contribution is 9.10. The lowest BCUT2D eigenvalue weighted by molar-refractivity contribution is 0.594. The molecule has 100 valence electrons. The Balaban J connectivity index is 2.35. The molecule has 0 saturated carbocycles. The van der Waals surface area contributed by atoms with Crippen LogP contribution in [0.3, 0.4) is 0 Å². The predicted molar refractivity (Wildman–Crippen MR) is 83.3 cm³/mol. The zero-order valence-corrected chi connectivity index (χ0v) is 12.9. The van der Waals surface area contributed by atoms with Crippen molar-refractivity contribution < 1.29 is 0 Å². The SMILES string of the molecule is CCCNC(c1ccc(Br)cc1)c1cnccc1C. The van der Waals surface area contributed by atoms with E-state index in [9.17, 15) is 0 Å². The molecule has 0 aliphatic heterocycles. The molecule has 0 spiro atoms. The zero-order valence-electron chi connectivity index (χ0n) is 11.4. The molecule has 1 aromatic carbocycles. The van der Waals surface area contributed by atoms with E-state index in [1.54, 1.807) is 0 Å². The Kier molecular flexibility index (Phi) is 5.11. The average Bonchev–Trinajstić information content (AvgIpc) is 2.43. The summed E-state index contributed by atoms with van der Waals surface area (Å²) in [5.74, 6) is 0. The number of halogens is 1. The molecular weight excluding hydrogens is 300 g/mol. The fourth-order valence-electron chi connectivity index (χ4n) is 2.13. The number of hydrogen-bond acceptors (Lipinski definition) is 2. The Labute approximate surface area is 123 Å². The van der Waals surface area contributed by atoms with Crippen LogP contribution in [0.15, 0.2) is 47.2 Å². The number of pyridine rings is 1. The van der Waals surface area contributed by atoms with E-state index in [1.165, 1.54) is 16.7 Å². The Morgan fingerprint density at radius 1 is 1.21 bits per heavy atom. The summed E-state index contributed by atoms with van der Waals surface area (Å²) in [6.45, 7) is 5.31. The normalized spacial score (nSPS) is 12.4. The molecule has 2 nitrogen and oxygen atoms in total. The van der Waals surface area contributed by atoms with E-state index in [1.807, 2.05) is 12.4 Å². The van der Waals surface area contributed by atoms with Crippen LogP contribution in [0, 0.1) is 6.92 Å². The Hall–Kier alpha value is -1.19. The van der Waals surface area contributed by atoms with Gasteiger partial charge in [0.1, 0.15) is 0 Å². The summed E-state index contributed by atoms with van der Waals surface area (Å²) >= 11 is 3.49. The number of aryl methyl sites for hydroxylation is 1. The Morgan fingerprint density at radius 3 is 2.58 bits per heavy atom. The fraction of sp³-hybridized carbons (Fsp3) is 0.312. The molecular formula is C16H19BrN2. The van der Waals surface area contributed by atoms with Crippen molar-refractivity contribution in [2.75, 3.05) is 6.54 Å². The van der Waals surface area contributed by atoms with Crippen molar-refractivity contribution in [3.63, 3.8) is 0 Å². The lowest BCUT2D eigenvalue weighted by Gasteiger charge is -2.21. The molecule has 1 N–H and O–H groups in total. The lowest BCUT2D eigenvalue weighted by Crippen LogP contribution is -2.24. The number of hydrogen-bond donors (Lipinski definition) is 1. The second-order valence-electron chi connectivity index (χ2n) is 4.67. The second-order valence-corrected chi connectivity index (χ2v) is 5.59. The monoisotopic (exact) mass is 318 g/mol. The molecule has 0 aliphatic rings. The first kappa shape index (κ1) is 14.2. The van der Waals surface area contributed by atoms with Crippen LogP contribution in [0.1, 0.15) is 36.1 Å². The van der Waals surface area contributed by atoms with E-state index in [-0.39, 0.29) is 6.04 Å². The first-order valence-corrected chi connectivity index (χ1v) is 7.41. The van der Waals surface area contributed by atoms with Crippen molar-refractivity contribution in [1.29, 1.82) is 0 Å². The molecule has 1 unspecified atom stereocenters. The van der Waals surface area contributed by atoms with Crippen molar-refractivity contribution in [2.45, 2.75) is 26.3 Å². The molecule has 0 amide bonds. The molecule has 3 heteroatoms. The molecule has 0 saturated heterocycles. The largest absolute Gasteiger partial charge is 0.306 e. The molecule has 0 fully saturated rings. The minimum atomic E-state index is 0.210. The summed E-state index contributed by atoms with van der Waals surface area (Å²) in [6.07, 6.45) is 4.92. The molecule has 0 aliphatic carbocycles. The van der Waals surface area contributed by atoms with Crippen molar-refractivity contribution in [3.05, 3.63) is 63.9 Å². The number of aromatic nitrogens is 1. The van der Waals surface area contributed by atoms with Gasteiger partial charge in [0.2, 0.25) is 0 Å². The van der Waals surface area contributed by atoms with Gasteiger partial charge in [0, 0.05) is 16.9 Å². The molecule has 0 bridgehead atoms. The highest BCUT2D eigenvalue weighted by Gasteiger charge is 2.15. The summed E-state index contributed by atoms with van der Waals surface area (Å²) in [5, 5.41) is 3.61. The number of nitrogens with one attached hydrogen (secondary N) is 1. The van der Waals surface area contributed by atoms with Crippen LogP contribution in [-0.4, -0.2) is 11.5 Å². The maximum absolute atomic E-state index is 4.27. The number of rotatable bonds is 5. The van der Waals surface area contributed by atoms with Crippen LogP contribution in [0.2, 0.25) is 0 Å². The van der Waals surface area contributed by atoms with Crippen LogP contribution in [0.5, 0.6) is 0 Å². The maximum Gasteiger partial charge on any atom is 0.0594 e. The minimum absolute atomic E-state index is 0.210. The molecule has 19 heavy (non-hydrogen) atoms. The number of nitrogens with zero attached hydrogens (tertiary/aromatic N) is 1. The van der Waals surface area contributed by atoms with Crippen LogP contribution >= 0.6 is 15.9 Å². The molecule has 2 aromatic rings. The lowest BCUT2D eigenvalue weighted by atomic mass is 9.96. The van der Waals surface area contributed by atoms with Gasteiger partial charge in [-0.1, -0.05) is 35.0 Å². The summed E-state index contributed by atoms with van der Waals surface area (Å²) < 4.78 is 1.11. The van der Waals surface area contributed by atoms with Crippen molar-refractivity contribution in [1.82, 2.24) is 10.3 Å². The summed E-state index contributed by atoms with van der Waals surface area (Å²) in [7, 11) is 0. The minimum Gasteiger partial charge on any atom is -0.306 e. The summed E-state index contributed by atoms with van der Waals surface area (Å²) in [6, 6.07) is 10.8. The highest BCUT2D eigenvalue weighted by Crippen LogP contribution is 2.25. The molecule has 2 rings (SSSR count). The standard InChI is InChI=1S/C16H19BrN2/c1-3-9-19-16(13-4-6-14(17)7-5-13)15-11-18-10-8-12(15)2/h4-8,10-11,16,19H,3,9H2,1-2H3. The Morgan fingerprint density at radius 2 is 1.95 bits per heavy atom. The smallest absolute Gasteiger partial charge is 0.0594 e. The van der Waals surface area contributed by atoms with Gasteiger partial charge in [-0.15, -0.1) is 0 Å². The van der Waals surface area contributed by atoms with Crippen LogP contribution in [0.25, 0.3) is 0 Å². The number of benzene rings is 1. The van der Waals surface area contributed by atoms with Crippen molar-refractivity contribution >= 4 is 15.9 Å². The van der Waals surface area contributed by atoms with Gasteiger partial charge < -0.3 is 5.32 Å². The van der Waals surface area contributed by atoms with E-state index in [0.717, 1.165) is 17.4 Å². The van der Waals surface area contributed by atoms with Gasteiger partial charge in [0.15, 0.2) is 0 Å². The third-order valence-electron chi connectivity index (χ3n) is 3.19. The maximum atomic E-state index is 4.27.